The Hall–Kier alpha value is -7.29. The summed E-state index contributed by atoms with van der Waals surface area (Å²) in [4.78, 5) is 10.2. The van der Waals surface area contributed by atoms with Crippen LogP contribution in [-0.4, -0.2) is 14.5 Å². The van der Waals surface area contributed by atoms with E-state index < -0.39 is 0 Å². The van der Waals surface area contributed by atoms with Gasteiger partial charge < -0.3 is 8.98 Å². The van der Waals surface area contributed by atoms with Gasteiger partial charge >= 0.3 is 0 Å². The number of benzene rings is 7. The number of hydrogen-bond acceptors (Lipinski definition) is 4. The van der Waals surface area contributed by atoms with Crippen molar-refractivity contribution in [2.75, 3.05) is 0 Å². The predicted octanol–water partition coefficient (Wildman–Crippen LogP) is 12.0. The standard InChI is InChI=1S/C47H28N4O/c48-29-30-23-35(33-20-22-46-40(26-33)38-16-8-10-18-45(38)52-46)25-36(24-30)51-43-17-9-7-15-37(43)39-27-34(19-21-44(39)51)47-49-41(31-11-3-1-4-12-31)28-42(50-47)32-13-5-2-6-14-32/h1-28H. The lowest BCUT2D eigenvalue weighted by Crippen LogP contribution is -1.97. The van der Waals surface area contributed by atoms with Crippen LogP contribution in [0, 0.1) is 11.3 Å². The first-order valence-electron chi connectivity index (χ1n) is 17.2. The molecule has 0 aliphatic heterocycles. The van der Waals surface area contributed by atoms with Gasteiger partial charge in [-0.2, -0.15) is 5.26 Å². The van der Waals surface area contributed by atoms with Crippen LogP contribution in [0.2, 0.25) is 0 Å². The van der Waals surface area contributed by atoms with Gasteiger partial charge in [-0.25, -0.2) is 9.97 Å². The molecule has 52 heavy (non-hydrogen) atoms. The number of nitrogens with zero attached hydrogens (tertiary/aromatic N) is 4. The summed E-state index contributed by atoms with van der Waals surface area (Å²) in [6, 6.07) is 60.2. The molecule has 5 nitrogen and oxygen atoms in total. The molecule has 0 fully saturated rings. The number of rotatable bonds is 5. The molecule has 0 aliphatic rings. The van der Waals surface area contributed by atoms with E-state index in [0.717, 1.165) is 88.6 Å². The lowest BCUT2D eigenvalue weighted by Gasteiger charge is -2.12. The lowest BCUT2D eigenvalue weighted by molar-refractivity contribution is 0.669. The second-order valence-electron chi connectivity index (χ2n) is 13.0. The zero-order valence-corrected chi connectivity index (χ0v) is 27.9. The van der Waals surface area contributed by atoms with Gasteiger partial charge in [0.1, 0.15) is 11.2 Å². The highest BCUT2D eigenvalue weighted by atomic mass is 16.3. The third-order valence-electron chi connectivity index (χ3n) is 9.81. The Balaban J connectivity index is 1.15. The monoisotopic (exact) mass is 664 g/mol. The Kier molecular flexibility index (Phi) is 6.80. The molecule has 242 valence electrons. The van der Waals surface area contributed by atoms with Crippen molar-refractivity contribution in [1.29, 1.82) is 5.26 Å². The van der Waals surface area contributed by atoms with E-state index in [1.54, 1.807) is 0 Å². The molecular formula is C47H28N4O. The largest absolute Gasteiger partial charge is 0.456 e. The summed E-state index contributed by atoms with van der Waals surface area (Å²) < 4.78 is 8.35. The van der Waals surface area contributed by atoms with Gasteiger partial charge in [0.05, 0.1) is 34.1 Å². The van der Waals surface area contributed by atoms with Crippen LogP contribution < -0.4 is 0 Å². The molecule has 0 unspecified atom stereocenters. The third-order valence-corrected chi connectivity index (χ3v) is 9.81. The van der Waals surface area contributed by atoms with Crippen LogP contribution in [0.4, 0.5) is 0 Å². The van der Waals surface area contributed by atoms with Crippen LogP contribution in [0.25, 0.3) is 94.5 Å². The summed E-state index contributed by atoms with van der Waals surface area (Å²) in [7, 11) is 0. The fourth-order valence-electron chi connectivity index (χ4n) is 7.36. The van der Waals surface area contributed by atoms with Crippen molar-refractivity contribution in [1.82, 2.24) is 14.5 Å². The first kappa shape index (κ1) is 29.6. The van der Waals surface area contributed by atoms with Gasteiger partial charge in [-0.3, -0.25) is 0 Å². The van der Waals surface area contributed by atoms with E-state index in [1.807, 2.05) is 72.8 Å². The van der Waals surface area contributed by atoms with E-state index in [1.165, 1.54) is 0 Å². The SMILES string of the molecule is N#Cc1cc(-c2ccc3oc4ccccc4c3c2)cc(-n2c3ccccc3c3cc(-c4nc(-c5ccccc5)cc(-c5ccccc5)n4)ccc32)c1. The minimum Gasteiger partial charge on any atom is -0.456 e. The molecule has 0 N–H and O–H groups in total. The first-order chi connectivity index (χ1) is 25.7. The van der Waals surface area contributed by atoms with Gasteiger partial charge in [0.2, 0.25) is 0 Å². The number of nitriles is 1. The second kappa shape index (κ2) is 11.9. The number of furan rings is 1. The fraction of sp³-hybridized carbons (Fsp3) is 0. The van der Waals surface area contributed by atoms with Crippen LogP contribution in [-0.2, 0) is 0 Å². The first-order valence-corrected chi connectivity index (χ1v) is 17.2. The van der Waals surface area contributed by atoms with E-state index in [2.05, 4.69) is 108 Å². The average Bonchev–Trinajstić information content (AvgIpc) is 3.76. The van der Waals surface area contributed by atoms with Crippen molar-refractivity contribution in [2.45, 2.75) is 0 Å². The predicted molar refractivity (Wildman–Crippen MR) is 210 cm³/mol. The van der Waals surface area contributed by atoms with Gasteiger partial charge in [-0.05, 0) is 77.9 Å². The molecule has 10 rings (SSSR count). The van der Waals surface area contributed by atoms with E-state index in [9.17, 15) is 5.26 Å². The molecule has 3 aromatic heterocycles. The molecule has 0 spiro atoms. The topological polar surface area (TPSA) is 67.6 Å². The maximum Gasteiger partial charge on any atom is 0.160 e. The molecule has 5 heteroatoms. The molecule has 0 saturated carbocycles. The summed E-state index contributed by atoms with van der Waals surface area (Å²) in [6.45, 7) is 0. The highest BCUT2D eigenvalue weighted by Gasteiger charge is 2.17. The van der Waals surface area contributed by atoms with E-state index in [0.29, 0.717) is 11.4 Å². The maximum absolute atomic E-state index is 10.2. The molecule has 0 bridgehead atoms. The minimum atomic E-state index is 0.590. The Morgan fingerprint density at radius 1 is 0.442 bits per heavy atom. The van der Waals surface area contributed by atoms with Crippen molar-refractivity contribution in [3.05, 3.63) is 175 Å². The van der Waals surface area contributed by atoms with E-state index in [-0.39, 0.29) is 0 Å². The molecule has 3 heterocycles. The van der Waals surface area contributed by atoms with Gasteiger partial charge in [0, 0.05) is 43.9 Å². The highest BCUT2D eigenvalue weighted by Crippen LogP contribution is 2.38. The van der Waals surface area contributed by atoms with Crippen LogP contribution >= 0.6 is 0 Å². The van der Waals surface area contributed by atoms with Crippen LogP contribution in [0.5, 0.6) is 0 Å². The summed E-state index contributed by atoms with van der Waals surface area (Å²) in [5.41, 5.74) is 12.0. The maximum atomic E-state index is 10.2. The van der Waals surface area contributed by atoms with Gasteiger partial charge in [0.15, 0.2) is 5.82 Å². The van der Waals surface area contributed by atoms with Gasteiger partial charge in [-0.1, -0.05) is 103 Å². The molecule has 0 atom stereocenters. The molecule has 10 aromatic rings. The second-order valence-corrected chi connectivity index (χ2v) is 13.0. The van der Waals surface area contributed by atoms with Crippen LogP contribution in [0.15, 0.2) is 174 Å². The molecule has 0 saturated heterocycles. The number of hydrogen-bond donors (Lipinski definition) is 0. The Labute approximate surface area is 299 Å². The molecular weight excluding hydrogens is 637 g/mol. The number of para-hydroxylation sites is 2. The Morgan fingerprint density at radius 2 is 1.06 bits per heavy atom. The zero-order valence-electron chi connectivity index (χ0n) is 27.9. The molecule has 7 aromatic carbocycles. The van der Waals surface area contributed by atoms with Gasteiger partial charge in [0.25, 0.3) is 0 Å². The summed E-state index contributed by atoms with van der Waals surface area (Å²) >= 11 is 0. The number of aromatic nitrogens is 3. The highest BCUT2D eigenvalue weighted by molar-refractivity contribution is 6.10. The van der Waals surface area contributed by atoms with Crippen molar-refractivity contribution in [3.63, 3.8) is 0 Å². The van der Waals surface area contributed by atoms with Gasteiger partial charge in [-0.15, -0.1) is 0 Å². The third kappa shape index (κ3) is 4.93. The average molecular weight is 665 g/mol. The fourth-order valence-corrected chi connectivity index (χ4v) is 7.36. The molecule has 0 amide bonds. The Morgan fingerprint density at radius 3 is 1.81 bits per heavy atom. The summed E-state index contributed by atoms with van der Waals surface area (Å²) in [6.07, 6.45) is 0. The quantitative estimate of drug-likeness (QED) is 0.184. The zero-order chi connectivity index (χ0) is 34.6. The molecule has 0 radical (unpaired) electrons. The smallest absolute Gasteiger partial charge is 0.160 e. The van der Waals surface area contributed by atoms with Crippen molar-refractivity contribution in [2.24, 2.45) is 0 Å². The normalized spacial score (nSPS) is 11.4. The summed E-state index contributed by atoms with van der Waals surface area (Å²) in [5, 5.41) is 14.5. The van der Waals surface area contributed by atoms with Crippen molar-refractivity contribution in [3.8, 4) is 56.8 Å². The van der Waals surface area contributed by atoms with Crippen molar-refractivity contribution >= 4 is 43.7 Å². The minimum absolute atomic E-state index is 0.590. The summed E-state index contributed by atoms with van der Waals surface area (Å²) in [5.74, 6) is 0.662. The van der Waals surface area contributed by atoms with Crippen LogP contribution in [0.3, 0.4) is 0 Å². The van der Waals surface area contributed by atoms with Crippen LogP contribution in [0.1, 0.15) is 5.56 Å². The van der Waals surface area contributed by atoms with E-state index >= 15 is 0 Å². The lowest BCUT2D eigenvalue weighted by atomic mass is 10.00. The molecule has 0 aliphatic carbocycles. The van der Waals surface area contributed by atoms with E-state index in [4.69, 9.17) is 14.4 Å². The van der Waals surface area contributed by atoms with Crippen molar-refractivity contribution < 1.29 is 4.42 Å². The Bertz CT molecular complexity index is 2970. The number of fused-ring (bicyclic) bond motifs is 6.